The lowest BCUT2D eigenvalue weighted by Crippen LogP contribution is -2.34. The largest absolute Gasteiger partial charge is 0.395 e. The average molecular weight is 271 g/mol. The maximum atomic E-state index is 13.5. The molecule has 1 aromatic rings. The van der Waals surface area contributed by atoms with Crippen LogP contribution in [0.15, 0.2) is 18.2 Å². The zero-order valence-electron chi connectivity index (χ0n) is 11.0. The maximum absolute atomic E-state index is 13.5. The summed E-state index contributed by atoms with van der Waals surface area (Å²) in [5.41, 5.74) is -0.498. The van der Waals surface area contributed by atoms with Crippen LogP contribution in [0.2, 0.25) is 0 Å². The van der Waals surface area contributed by atoms with E-state index in [-0.39, 0.29) is 13.2 Å². The minimum absolute atomic E-state index is 0.0849. The number of carbonyl (C=O) groups is 1. The Kier molecular flexibility index (Phi) is 6.59. The van der Waals surface area contributed by atoms with Gasteiger partial charge in [-0.05, 0) is 25.1 Å². The van der Waals surface area contributed by atoms with Crippen molar-refractivity contribution in [3.8, 4) is 0 Å². The summed E-state index contributed by atoms with van der Waals surface area (Å²) in [4.78, 5) is 13.6. The summed E-state index contributed by atoms with van der Waals surface area (Å²) in [6, 6.07) is 3.36. The number of aliphatic hydroxyl groups excluding tert-OH is 1. The van der Waals surface area contributed by atoms with E-state index in [4.69, 9.17) is 5.11 Å². The van der Waals surface area contributed by atoms with Gasteiger partial charge >= 0.3 is 0 Å². The molecule has 0 bridgehead atoms. The quantitative estimate of drug-likeness (QED) is 0.737. The highest BCUT2D eigenvalue weighted by Gasteiger charge is 2.19. The summed E-state index contributed by atoms with van der Waals surface area (Å²) >= 11 is 0. The summed E-state index contributed by atoms with van der Waals surface area (Å²) < 4.78 is 26.9. The van der Waals surface area contributed by atoms with Crippen LogP contribution in [0.3, 0.4) is 0 Å². The predicted octanol–water partition coefficient (Wildman–Crippen LogP) is 2.24. The van der Waals surface area contributed by atoms with E-state index in [1.165, 1.54) is 6.07 Å². The summed E-state index contributed by atoms with van der Waals surface area (Å²) in [6.45, 7) is 2.78. The molecule has 0 heterocycles. The molecule has 19 heavy (non-hydrogen) atoms. The highest BCUT2D eigenvalue weighted by atomic mass is 19.1. The second kappa shape index (κ2) is 7.96. The van der Waals surface area contributed by atoms with Gasteiger partial charge in [-0.1, -0.05) is 19.4 Å². The lowest BCUT2D eigenvalue weighted by atomic mass is 10.1. The zero-order chi connectivity index (χ0) is 14.3. The van der Waals surface area contributed by atoms with Crippen molar-refractivity contribution in [1.29, 1.82) is 0 Å². The molecule has 0 radical (unpaired) electrons. The van der Waals surface area contributed by atoms with E-state index in [9.17, 15) is 13.6 Å². The fourth-order valence-corrected chi connectivity index (χ4v) is 1.84. The molecule has 5 heteroatoms. The monoisotopic (exact) mass is 271 g/mol. The van der Waals surface area contributed by atoms with Crippen LogP contribution in [0.25, 0.3) is 0 Å². The van der Waals surface area contributed by atoms with Crippen molar-refractivity contribution in [2.45, 2.75) is 19.8 Å². The molecule has 0 aliphatic carbocycles. The molecular weight excluding hydrogens is 252 g/mol. The number of benzene rings is 1. The highest BCUT2D eigenvalue weighted by Crippen LogP contribution is 2.13. The Morgan fingerprint density at radius 2 is 1.89 bits per heavy atom. The van der Waals surface area contributed by atoms with E-state index >= 15 is 0 Å². The number of halogens is 2. The third-order valence-electron chi connectivity index (χ3n) is 2.85. The van der Waals surface area contributed by atoms with Gasteiger partial charge < -0.3 is 5.11 Å². The van der Waals surface area contributed by atoms with E-state index in [1.807, 2.05) is 6.92 Å². The Hall–Kier alpha value is -1.33. The van der Waals surface area contributed by atoms with Gasteiger partial charge in [0.2, 0.25) is 0 Å². The lowest BCUT2D eigenvalue weighted by molar-refractivity contribution is 0.0905. The van der Waals surface area contributed by atoms with Gasteiger partial charge in [-0.25, -0.2) is 8.78 Å². The van der Waals surface area contributed by atoms with Crippen LogP contribution >= 0.6 is 0 Å². The SMILES string of the molecule is CCCCN(CCO)CC(=O)c1c(F)cccc1F. The van der Waals surface area contributed by atoms with Gasteiger partial charge in [0.25, 0.3) is 0 Å². The van der Waals surface area contributed by atoms with Crippen LogP contribution in [0.5, 0.6) is 0 Å². The molecule has 1 N–H and O–H groups in total. The van der Waals surface area contributed by atoms with Gasteiger partial charge in [0.15, 0.2) is 5.78 Å². The Labute approximate surface area is 111 Å². The van der Waals surface area contributed by atoms with E-state index in [1.54, 1.807) is 4.90 Å². The summed E-state index contributed by atoms with van der Waals surface area (Å²) in [7, 11) is 0. The van der Waals surface area contributed by atoms with Crippen molar-refractivity contribution >= 4 is 5.78 Å². The first-order chi connectivity index (χ1) is 9.10. The van der Waals surface area contributed by atoms with Crippen LogP contribution in [0.1, 0.15) is 30.1 Å². The Bertz CT molecular complexity index is 404. The third kappa shape index (κ3) is 4.69. The first-order valence-electron chi connectivity index (χ1n) is 6.40. The number of hydrogen-bond donors (Lipinski definition) is 1. The van der Waals surface area contributed by atoms with E-state index in [0.717, 1.165) is 25.0 Å². The van der Waals surface area contributed by atoms with Gasteiger partial charge in [0.05, 0.1) is 18.7 Å². The van der Waals surface area contributed by atoms with Crippen LogP contribution in [-0.4, -0.2) is 42.0 Å². The van der Waals surface area contributed by atoms with Crippen molar-refractivity contribution in [2.75, 3.05) is 26.2 Å². The lowest BCUT2D eigenvalue weighted by Gasteiger charge is -2.20. The van der Waals surface area contributed by atoms with Gasteiger partial charge in [-0.15, -0.1) is 0 Å². The van der Waals surface area contributed by atoms with Crippen LogP contribution < -0.4 is 0 Å². The number of Topliss-reactive ketones (excluding diaryl/α,β-unsaturated/α-hetero) is 1. The number of rotatable bonds is 8. The van der Waals surface area contributed by atoms with Gasteiger partial charge in [-0.2, -0.15) is 0 Å². The third-order valence-corrected chi connectivity index (χ3v) is 2.85. The van der Waals surface area contributed by atoms with Crippen molar-refractivity contribution < 1.29 is 18.7 Å². The van der Waals surface area contributed by atoms with Crippen molar-refractivity contribution in [2.24, 2.45) is 0 Å². The number of aliphatic hydroxyl groups is 1. The molecule has 106 valence electrons. The molecule has 0 unspecified atom stereocenters. The van der Waals surface area contributed by atoms with Gasteiger partial charge in [0.1, 0.15) is 11.6 Å². The first-order valence-corrected chi connectivity index (χ1v) is 6.40. The molecule has 0 fully saturated rings. The Morgan fingerprint density at radius 1 is 1.26 bits per heavy atom. The van der Waals surface area contributed by atoms with E-state index in [2.05, 4.69) is 0 Å². The van der Waals surface area contributed by atoms with Crippen LogP contribution in [0, 0.1) is 11.6 Å². The topological polar surface area (TPSA) is 40.5 Å². The number of ketones is 1. The molecule has 0 saturated heterocycles. The fourth-order valence-electron chi connectivity index (χ4n) is 1.84. The smallest absolute Gasteiger partial charge is 0.182 e. The zero-order valence-corrected chi connectivity index (χ0v) is 11.0. The molecule has 0 aliphatic rings. The standard InChI is InChI=1S/C14H19F2NO2/c1-2-3-7-17(8-9-18)10-13(19)14-11(15)5-4-6-12(14)16/h4-6,18H,2-3,7-10H2,1H3. The molecule has 0 spiro atoms. The number of hydrogen-bond acceptors (Lipinski definition) is 3. The molecule has 0 aromatic heterocycles. The van der Waals surface area contributed by atoms with Gasteiger partial charge in [-0.3, -0.25) is 9.69 Å². The van der Waals surface area contributed by atoms with E-state index in [0.29, 0.717) is 13.1 Å². The first kappa shape index (κ1) is 15.7. The second-order valence-electron chi connectivity index (χ2n) is 4.37. The Balaban J connectivity index is 2.75. The maximum Gasteiger partial charge on any atom is 0.182 e. The van der Waals surface area contributed by atoms with Gasteiger partial charge in [0, 0.05) is 6.54 Å². The van der Waals surface area contributed by atoms with E-state index < -0.39 is 23.0 Å². The highest BCUT2D eigenvalue weighted by molar-refractivity contribution is 5.98. The van der Waals surface area contributed by atoms with Crippen molar-refractivity contribution in [3.63, 3.8) is 0 Å². The normalized spacial score (nSPS) is 11.0. The average Bonchev–Trinajstić information content (AvgIpc) is 2.36. The summed E-state index contributed by atoms with van der Waals surface area (Å²) in [5, 5.41) is 8.93. The van der Waals surface area contributed by atoms with Crippen LogP contribution in [0.4, 0.5) is 8.78 Å². The molecule has 0 atom stereocenters. The second-order valence-corrected chi connectivity index (χ2v) is 4.37. The molecule has 0 amide bonds. The molecule has 0 saturated carbocycles. The van der Waals surface area contributed by atoms with Crippen molar-refractivity contribution in [3.05, 3.63) is 35.4 Å². The Morgan fingerprint density at radius 3 is 2.42 bits per heavy atom. The number of nitrogens with zero attached hydrogens (tertiary/aromatic N) is 1. The molecule has 0 aliphatic heterocycles. The predicted molar refractivity (Wildman–Crippen MR) is 69.1 cm³/mol. The number of unbranched alkanes of at least 4 members (excludes halogenated alkanes) is 1. The van der Waals surface area contributed by atoms with Crippen LogP contribution in [-0.2, 0) is 0 Å². The summed E-state index contributed by atoms with van der Waals surface area (Å²) in [6.07, 6.45) is 1.82. The number of carbonyl (C=O) groups excluding carboxylic acids is 1. The fraction of sp³-hybridized carbons (Fsp3) is 0.500. The minimum atomic E-state index is -0.843. The van der Waals surface area contributed by atoms with Crippen molar-refractivity contribution in [1.82, 2.24) is 4.90 Å². The molecule has 1 rings (SSSR count). The molecule has 1 aromatic carbocycles. The minimum Gasteiger partial charge on any atom is -0.395 e. The summed E-state index contributed by atoms with van der Waals surface area (Å²) in [5.74, 6) is -2.28. The molecule has 3 nitrogen and oxygen atoms in total. The molecular formula is C14H19F2NO2.